The smallest absolute Gasteiger partial charge is 0.122 e. The number of benzene rings is 1. The minimum atomic E-state index is 0.856. The molecule has 1 fully saturated rings. The monoisotopic (exact) mass is 231 g/mol. The van der Waals surface area contributed by atoms with Crippen molar-refractivity contribution >= 4 is 0 Å². The second-order valence-corrected chi connectivity index (χ2v) is 5.52. The van der Waals surface area contributed by atoms with Crippen molar-refractivity contribution in [2.24, 2.45) is 5.92 Å². The van der Waals surface area contributed by atoms with Crippen molar-refractivity contribution in [2.45, 2.75) is 32.7 Å². The Bertz CT molecular complexity index is 402. The Kier molecular flexibility index (Phi) is 3.06. The van der Waals surface area contributed by atoms with E-state index in [1.807, 2.05) is 0 Å². The predicted molar refractivity (Wildman–Crippen MR) is 69.3 cm³/mol. The zero-order valence-corrected chi connectivity index (χ0v) is 10.6. The quantitative estimate of drug-likeness (QED) is 0.776. The lowest BCUT2D eigenvalue weighted by Gasteiger charge is -2.30. The van der Waals surface area contributed by atoms with Crippen LogP contribution in [0.5, 0.6) is 5.75 Å². The van der Waals surface area contributed by atoms with E-state index in [-0.39, 0.29) is 0 Å². The second-order valence-electron chi connectivity index (χ2n) is 5.52. The van der Waals surface area contributed by atoms with Gasteiger partial charge in [-0.15, -0.1) is 0 Å². The van der Waals surface area contributed by atoms with Crippen LogP contribution in [0.4, 0.5) is 0 Å². The first kappa shape index (κ1) is 11.1. The first-order valence-corrected chi connectivity index (χ1v) is 6.78. The van der Waals surface area contributed by atoms with Gasteiger partial charge >= 0.3 is 0 Å². The lowest BCUT2D eigenvalue weighted by atomic mass is 9.99. The average Bonchev–Trinajstić information content (AvgIpc) is 2.76. The molecule has 0 amide bonds. The van der Waals surface area contributed by atoms with Gasteiger partial charge < -0.3 is 4.74 Å². The van der Waals surface area contributed by atoms with Crippen LogP contribution < -0.4 is 4.74 Å². The van der Waals surface area contributed by atoms with Crippen molar-refractivity contribution in [3.8, 4) is 5.75 Å². The third-order valence-electron chi connectivity index (χ3n) is 3.91. The molecule has 0 radical (unpaired) electrons. The van der Waals surface area contributed by atoms with Gasteiger partial charge in [-0.1, -0.05) is 19.1 Å². The van der Waals surface area contributed by atoms with Crippen LogP contribution in [0.15, 0.2) is 18.2 Å². The number of hydrogen-bond acceptors (Lipinski definition) is 2. The average molecular weight is 231 g/mol. The van der Waals surface area contributed by atoms with E-state index in [9.17, 15) is 0 Å². The lowest BCUT2D eigenvalue weighted by Crippen LogP contribution is -2.33. The van der Waals surface area contributed by atoms with Gasteiger partial charge in [-0.25, -0.2) is 0 Å². The summed E-state index contributed by atoms with van der Waals surface area (Å²) in [4.78, 5) is 2.57. The summed E-state index contributed by atoms with van der Waals surface area (Å²) >= 11 is 0. The molecular formula is C15H21NO. The minimum absolute atomic E-state index is 0.856. The van der Waals surface area contributed by atoms with Crippen LogP contribution in [0.3, 0.4) is 0 Å². The van der Waals surface area contributed by atoms with E-state index in [4.69, 9.17) is 4.74 Å². The van der Waals surface area contributed by atoms with Crippen molar-refractivity contribution in [3.05, 3.63) is 29.3 Å². The molecule has 1 atom stereocenters. The summed E-state index contributed by atoms with van der Waals surface area (Å²) in [6.07, 6.45) is 3.82. The standard InChI is InChI=1S/C15H21NO/c1-12-3-2-7-16(10-12)11-13-4-5-14-6-8-17-15(14)9-13/h4-5,9,12H,2-3,6-8,10-11H2,1H3. The van der Waals surface area contributed by atoms with E-state index in [1.54, 1.807) is 0 Å². The molecule has 0 aromatic heterocycles. The van der Waals surface area contributed by atoms with Crippen molar-refractivity contribution < 1.29 is 4.74 Å². The number of ether oxygens (including phenoxy) is 1. The number of rotatable bonds is 2. The number of nitrogens with zero attached hydrogens (tertiary/aromatic N) is 1. The van der Waals surface area contributed by atoms with Crippen LogP contribution in [0.1, 0.15) is 30.9 Å². The van der Waals surface area contributed by atoms with Crippen LogP contribution in [0, 0.1) is 5.92 Å². The molecule has 0 aliphatic carbocycles. The van der Waals surface area contributed by atoms with E-state index in [0.29, 0.717) is 0 Å². The van der Waals surface area contributed by atoms with E-state index < -0.39 is 0 Å². The Morgan fingerprint density at radius 1 is 1.41 bits per heavy atom. The minimum Gasteiger partial charge on any atom is -0.493 e. The molecule has 2 heteroatoms. The normalized spacial score (nSPS) is 24.4. The Balaban J connectivity index is 1.68. The van der Waals surface area contributed by atoms with Gasteiger partial charge in [0.1, 0.15) is 5.75 Å². The third-order valence-corrected chi connectivity index (χ3v) is 3.91. The van der Waals surface area contributed by atoms with Gasteiger partial charge in [0.2, 0.25) is 0 Å². The first-order valence-electron chi connectivity index (χ1n) is 6.78. The largest absolute Gasteiger partial charge is 0.493 e. The molecule has 1 saturated heterocycles. The molecule has 0 N–H and O–H groups in total. The van der Waals surface area contributed by atoms with Gasteiger partial charge in [0.25, 0.3) is 0 Å². The molecule has 2 heterocycles. The maximum atomic E-state index is 5.63. The predicted octanol–water partition coefficient (Wildman–Crippen LogP) is 2.85. The highest BCUT2D eigenvalue weighted by molar-refractivity contribution is 5.40. The molecule has 2 nitrogen and oxygen atoms in total. The molecule has 2 aliphatic heterocycles. The van der Waals surface area contributed by atoms with E-state index in [2.05, 4.69) is 30.0 Å². The van der Waals surface area contributed by atoms with Gasteiger partial charge in [-0.2, -0.15) is 0 Å². The van der Waals surface area contributed by atoms with E-state index >= 15 is 0 Å². The highest BCUT2D eigenvalue weighted by atomic mass is 16.5. The highest BCUT2D eigenvalue weighted by Crippen LogP contribution is 2.27. The lowest BCUT2D eigenvalue weighted by molar-refractivity contribution is 0.176. The molecule has 1 aromatic rings. The molecule has 2 aliphatic rings. The number of hydrogen-bond donors (Lipinski definition) is 0. The summed E-state index contributed by atoms with van der Waals surface area (Å²) in [7, 11) is 0. The Morgan fingerprint density at radius 2 is 2.35 bits per heavy atom. The van der Waals surface area contributed by atoms with Crippen molar-refractivity contribution in [1.29, 1.82) is 0 Å². The summed E-state index contributed by atoms with van der Waals surface area (Å²) in [6.45, 7) is 6.80. The topological polar surface area (TPSA) is 12.5 Å². The van der Waals surface area contributed by atoms with Crippen LogP contribution >= 0.6 is 0 Å². The first-order chi connectivity index (χ1) is 8.31. The second kappa shape index (κ2) is 4.69. The molecule has 3 rings (SSSR count). The van der Waals surface area contributed by atoms with Gasteiger partial charge in [-0.3, -0.25) is 4.90 Å². The Labute approximate surface area is 104 Å². The van der Waals surface area contributed by atoms with Crippen LogP contribution in [0.2, 0.25) is 0 Å². The van der Waals surface area contributed by atoms with Gasteiger partial charge in [0, 0.05) is 19.5 Å². The number of fused-ring (bicyclic) bond motifs is 1. The molecule has 1 aromatic carbocycles. The molecule has 0 saturated carbocycles. The number of likely N-dealkylation sites (tertiary alicyclic amines) is 1. The summed E-state index contributed by atoms with van der Waals surface area (Å²) in [5.74, 6) is 1.97. The Hall–Kier alpha value is -1.02. The zero-order valence-electron chi connectivity index (χ0n) is 10.6. The fraction of sp³-hybridized carbons (Fsp3) is 0.600. The van der Waals surface area contributed by atoms with Crippen molar-refractivity contribution in [2.75, 3.05) is 19.7 Å². The summed E-state index contributed by atoms with van der Waals surface area (Å²) in [5, 5.41) is 0. The summed E-state index contributed by atoms with van der Waals surface area (Å²) < 4.78 is 5.63. The zero-order chi connectivity index (χ0) is 11.7. The molecule has 1 unspecified atom stereocenters. The molecular weight excluding hydrogens is 210 g/mol. The van der Waals surface area contributed by atoms with Crippen LogP contribution in [0.25, 0.3) is 0 Å². The fourth-order valence-corrected chi connectivity index (χ4v) is 3.00. The van der Waals surface area contributed by atoms with Gasteiger partial charge in [0.05, 0.1) is 6.61 Å². The van der Waals surface area contributed by atoms with Crippen molar-refractivity contribution in [1.82, 2.24) is 4.90 Å². The van der Waals surface area contributed by atoms with Crippen LogP contribution in [-0.2, 0) is 13.0 Å². The SMILES string of the molecule is CC1CCCN(Cc2ccc3c(c2)OCC3)C1. The van der Waals surface area contributed by atoms with Gasteiger partial charge in [0.15, 0.2) is 0 Å². The molecule has 17 heavy (non-hydrogen) atoms. The maximum absolute atomic E-state index is 5.63. The summed E-state index contributed by atoms with van der Waals surface area (Å²) in [5.41, 5.74) is 2.78. The number of piperidine rings is 1. The highest BCUT2D eigenvalue weighted by Gasteiger charge is 2.17. The molecule has 0 bridgehead atoms. The fourth-order valence-electron chi connectivity index (χ4n) is 3.00. The molecule has 92 valence electrons. The molecule has 0 spiro atoms. The van der Waals surface area contributed by atoms with E-state index in [0.717, 1.165) is 31.2 Å². The summed E-state index contributed by atoms with van der Waals surface area (Å²) in [6, 6.07) is 6.75. The Morgan fingerprint density at radius 3 is 3.24 bits per heavy atom. The maximum Gasteiger partial charge on any atom is 0.122 e. The van der Waals surface area contributed by atoms with Crippen molar-refractivity contribution in [3.63, 3.8) is 0 Å². The van der Waals surface area contributed by atoms with Crippen LogP contribution in [-0.4, -0.2) is 24.6 Å². The third kappa shape index (κ3) is 2.47. The van der Waals surface area contributed by atoms with E-state index in [1.165, 1.54) is 37.1 Å². The van der Waals surface area contributed by atoms with Gasteiger partial charge in [-0.05, 0) is 42.5 Å².